The number of hydrogen-bond acceptors (Lipinski definition) is 4. The first-order valence-corrected chi connectivity index (χ1v) is 9.02. The predicted molar refractivity (Wildman–Crippen MR) is 109 cm³/mol. The van der Waals surface area contributed by atoms with Gasteiger partial charge in [0.15, 0.2) is 0 Å². The topological polar surface area (TPSA) is 58.0 Å². The summed E-state index contributed by atoms with van der Waals surface area (Å²) in [6, 6.07) is 20.8. The van der Waals surface area contributed by atoms with Gasteiger partial charge in [-0.1, -0.05) is 48.0 Å². The molecule has 0 amide bonds. The Hall–Kier alpha value is -3.11. The molecule has 0 saturated heterocycles. The van der Waals surface area contributed by atoms with Crippen molar-refractivity contribution in [1.29, 1.82) is 0 Å². The Morgan fingerprint density at radius 2 is 1.81 bits per heavy atom. The van der Waals surface area contributed by atoms with Crippen molar-refractivity contribution in [2.24, 2.45) is 0 Å². The summed E-state index contributed by atoms with van der Waals surface area (Å²) in [6.45, 7) is 1.94. The molecule has 1 atom stereocenters. The zero-order valence-corrected chi connectivity index (χ0v) is 15.5. The molecular weight excluding hydrogens is 358 g/mol. The quantitative estimate of drug-likeness (QED) is 0.494. The average Bonchev–Trinajstić information content (AvgIpc) is 2.70. The van der Waals surface area contributed by atoms with Gasteiger partial charge in [-0.05, 0) is 42.8 Å². The number of halogens is 1. The van der Waals surface area contributed by atoms with Crippen LogP contribution in [-0.2, 0) is 0 Å². The summed E-state index contributed by atoms with van der Waals surface area (Å²) in [5.41, 5.74) is 3.04. The third-order valence-corrected chi connectivity index (χ3v) is 4.78. The highest BCUT2D eigenvalue weighted by molar-refractivity contribution is 6.35. The number of phenols is 1. The SMILES string of the molecule is Cc1cccc(NC(c2ccccc2)c2cc(Cl)c3cccnc3c2O)n1. The molecule has 0 bridgehead atoms. The van der Waals surface area contributed by atoms with Crippen molar-refractivity contribution in [3.63, 3.8) is 0 Å². The second-order valence-electron chi connectivity index (χ2n) is 6.35. The van der Waals surface area contributed by atoms with Crippen molar-refractivity contribution in [2.75, 3.05) is 5.32 Å². The molecule has 0 aliphatic rings. The Morgan fingerprint density at radius 3 is 2.59 bits per heavy atom. The Balaban J connectivity index is 1.89. The van der Waals surface area contributed by atoms with Crippen LogP contribution in [0.2, 0.25) is 5.02 Å². The molecule has 5 heteroatoms. The van der Waals surface area contributed by atoms with E-state index in [1.807, 2.05) is 61.5 Å². The van der Waals surface area contributed by atoms with Gasteiger partial charge in [0, 0.05) is 22.8 Å². The molecule has 2 N–H and O–H groups in total. The van der Waals surface area contributed by atoms with Crippen molar-refractivity contribution < 1.29 is 5.11 Å². The largest absolute Gasteiger partial charge is 0.505 e. The number of nitrogens with zero attached hydrogens (tertiary/aromatic N) is 2. The van der Waals surface area contributed by atoms with Gasteiger partial charge in [0.1, 0.15) is 17.1 Å². The summed E-state index contributed by atoms with van der Waals surface area (Å²) in [4.78, 5) is 8.86. The number of anilines is 1. The highest BCUT2D eigenvalue weighted by Crippen LogP contribution is 2.39. The van der Waals surface area contributed by atoms with Crippen LogP contribution in [0.25, 0.3) is 10.9 Å². The second-order valence-corrected chi connectivity index (χ2v) is 6.76. The third kappa shape index (κ3) is 3.44. The Labute approximate surface area is 162 Å². The maximum atomic E-state index is 11.0. The van der Waals surface area contributed by atoms with Gasteiger partial charge in [-0.25, -0.2) is 4.98 Å². The lowest BCUT2D eigenvalue weighted by Gasteiger charge is -2.22. The van der Waals surface area contributed by atoms with Gasteiger partial charge in [-0.15, -0.1) is 0 Å². The summed E-state index contributed by atoms with van der Waals surface area (Å²) in [6.07, 6.45) is 1.65. The van der Waals surface area contributed by atoms with Crippen molar-refractivity contribution in [3.05, 3.63) is 94.8 Å². The van der Waals surface area contributed by atoms with Crippen LogP contribution >= 0.6 is 11.6 Å². The van der Waals surface area contributed by atoms with Crippen molar-refractivity contribution >= 4 is 28.3 Å². The van der Waals surface area contributed by atoms with Gasteiger partial charge < -0.3 is 10.4 Å². The van der Waals surface area contributed by atoms with Crippen molar-refractivity contribution in [1.82, 2.24) is 9.97 Å². The number of aryl methyl sites for hydroxylation is 1. The van der Waals surface area contributed by atoms with Crippen LogP contribution in [0, 0.1) is 6.92 Å². The molecular formula is C22H18ClN3O. The molecule has 0 radical (unpaired) electrons. The lowest BCUT2D eigenvalue weighted by atomic mass is 9.96. The standard InChI is InChI=1S/C22H18ClN3O/c1-14-7-5-11-19(25-14)26-20(15-8-3-2-4-9-15)17-13-18(23)16-10-6-12-24-21(16)22(17)27/h2-13,20,27H,1H3,(H,25,26). The van der Waals surface area contributed by atoms with E-state index in [9.17, 15) is 5.11 Å². The average molecular weight is 376 g/mol. The highest BCUT2D eigenvalue weighted by Gasteiger charge is 2.22. The first-order chi connectivity index (χ1) is 13.1. The van der Waals surface area contributed by atoms with Crippen LogP contribution in [0.1, 0.15) is 22.9 Å². The fourth-order valence-electron chi connectivity index (χ4n) is 3.18. The fourth-order valence-corrected chi connectivity index (χ4v) is 3.45. The van der Waals surface area contributed by atoms with E-state index in [2.05, 4.69) is 15.3 Å². The number of benzene rings is 2. The summed E-state index contributed by atoms with van der Waals surface area (Å²) >= 11 is 6.50. The molecule has 4 nitrogen and oxygen atoms in total. The summed E-state index contributed by atoms with van der Waals surface area (Å²) < 4.78 is 0. The summed E-state index contributed by atoms with van der Waals surface area (Å²) in [5.74, 6) is 0.837. The molecule has 2 heterocycles. The molecule has 134 valence electrons. The van der Waals surface area contributed by atoms with E-state index in [-0.39, 0.29) is 11.8 Å². The minimum absolute atomic E-state index is 0.115. The summed E-state index contributed by atoms with van der Waals surface area (Å²) in [7, 11) is 0. The van der Waals surface area contributed by atoms with Crippen LogP contribution in [0.4, 0.5) is 5.82 Å². The first-order valence-electron chi connectivity index (χ1n) is 8.65. The number of nitrogens with one attached hydrogen (secondary N) is 1. The lowest BCUT2D eigenvalue weighted by molar-refractivity contribution is 0.471. The van der Waals surface area contributed by atoms with E-state index < -0.39 is 0 Å². The smallest absolute Gasteiger partial charge is 0.147 e. The zero-order chi connectivity index (χ0) is 18.8. The lowest BCUT2D eigenvalue weighted by Crippen LogP contribution is -2.14. The fraction of sp³-hybridized carbons (Fsp3) is 0.0909. The normalized spacial score (nSPS) is 12.1. The van der Waals surface area contributed by atoms with E-state index in [0.29, 0.717) is 16.1 Å². The van der Waals surface area contributed by atoms with E-state index in [1.54, 1.807) is 18.3 Å². The van der Waals surface area contributed by atoms with E-state index in [0.717, 1.165) is 22.5 Å². The number of hydrogen-bond donors (Lipinski definition) is 2. The Bertz CT molecular complexity index is 1100. The molecule has 0 aliphatic carbocycles. The minimum Gasteiger partial charge on any atom is -0.505 e. The molecule has 4 aromatic rings. The van der Waals surface area contributed by atoms with E-state index in [1.165, 1.54) is 0 Å². The number of aromatic hydroxyl groups is 1. The molecule has 27 heavy (non-hydrogen) atoms. The van der Waals surface area contributed by atoms with Crippen molar-refractivity contribution in [2.45, 2.75) is 13.0 Å². The maximum Gasteiger partial charge on any atom is 0.147 e. The molecule has 4 rings (SSSR count). The number of rotatable bonds is 4. The summed E-state index contributed by atoms with van der Waals surface area (Å²) in [5, 5.41) is 15.7. The molecule has 2 aromatic carbocycles. The molecule has 0 spiro atoms. The van der Waals surface area contributed by atoms with Gasteiger partial charge in [0.05, 0.1) is 11.1 Å². The van der Waals surface area contributed by atoms with Gasteiger partial charge in [0.25, 0.3) is 0 Å². The minimum atomic E-state index is -0.329. The van der Waals surface area contributed by atoms with Crippen LogP contribution in [0.15, 0.2) is 72.9 Å². The number of phenolic OH excluding ortho intramolecular Hbond substituents is 1. The van der Waals surface area contributed by atoms with Crippen LogP contribution in [-0.4, -0.2) is 15.1 Å². The van der Waals surface area contributed by atoms with Gasteiger partial charge in [-0.3, -0.25) is 4.98 Å². The molecule has 0 aliphatic heterocycles. The molecule has 0 saturated carbocycles. The van der Waals surface area contributed by atoms with Gasteiger partial charge >= 0.3 is 0 Å². The molecule has 0 fully saturated rings. The second kappa shape index (κ2) is 7.25. The predicted octanol–water partition coefficient (Wildman–Crippen LogP) is 5.50. The van der Waals surface area contributed by atoms with E-state index in [4.69, 9.17) is 11.6 Å². The number of pyridine rings is 2. The van der Waals surface area contributed by atoms with Gasteiger partial charge in [-0.2, -0.15) is 0 Å². The number of fused-ring (bicyclic) bond motifs is 1. The van der Waals surface area contributed by atoms with E-state index >= 15 is 0 Å². The Morgan fingerprint density at radius 1 is 1.00 bits per heavy atom. The third-order valence-electron chi connectivity index (χ3n) is 4.47. The maximum absolute atomic E-state index is 11.0. The highest BCUT2D eigenvalue weighted by atomic mass is 35.5. The monoisotopic (exact) mass is 375 g/mol. The molecule has 1 unspecified atom stereocenters. The molecule has 2 aromatic heterocycles. The Kier molecular flexibility index (Phi) is 4.65. The number of aromatic nitrogens is 2. The zero-order valence-electron chi connectivity index (χ0n) is 14.7. The van der Waals surface area contributed by atoms with Crippen molar-refractivity contribution in [3.8, 4) is 5.75 Å². The van der Waals surface area contributed by atoms with Crippen LogP contribution < -0.4 is 5.32 Å². The first kappa shape index (κ1) is 17.3. The van der Waals surface area contributed by atoms with Crippen LogP contribution in [0.5, 0.6) is 5.75 Å². The van der Waals surface area contributed by atoms with Gasteiger partial charge in [0.2, 0.25) is 0 Å². The van der Waals surface area contributed by atoms with Crippen LogP contribution in [0.3, 0.4) is 0 Å².